The lowest BCUT2D eigenvalue weighted by Crippen LogP contribution is -2.37. The highest BCUT2D eigenvalue weighted by Crippen LogP contribution is 2.12. The molecule has 0 N–H and O–H groups in total. The molecule has 0 spiro atoms. The van der Waals surface area contributed by atoms with Crippen molar-refractivity contribution in [2.24, 2.45) is 5.92 Å². The van der Waals surface area contributed by atoms with Crippen molar-refractivity contribution >= 4 is 11.9 Å². The van der Waals surface area contributed by atoms with E-state index >= 15 is 0 Å². The van der Waals surface area contributed by atoms with Gasteiger partial charge in [0.25, 0.3) is 0 Å². The molecule has 5 nitrogen and oxygen atoms in total. The van der Waals surface area contributed by atoms with E-state index in [0.717, 1.165) is 11.1 Å². The van der Waals surface area contributed by atoms with Crippen molar-refractivity contribution < 1.29 is 14.3 Å². The van der Waals surface area contributed by atoms with Crippen LogP contribution in [0.5, 0.6) is 0 Å². The second kappa shape index (κ2) is 9.57. The van der Waals surface area contributed by atoms with Gasteiger partial charge in [0.05, 0.1) is 13.0 Å². The van der Waals surface area contributed by atoms with E-state index in [1.807, 2.05) is 42.5 Å². The Labute approximate surface area is 148 Å². The molecule has 0 radical (unpaired) electrons. The van der Waals surface area contributed by atoms with Gasteiger partial charge in [-0.25, -0.2) is 0 Å². The third kappa shape index (κ3) is 6.03. The summed E-state index contributed by atoms with van der Waals surface area (Å²) in [5, 5.41) is 0. The number of amides is 1. The van der Waals surface area contributed by atoms with Gasteiger partial charge in [-0.15, -0.1) is 0 Å². The third-order valence-electron chi connectivity index (χ3n) is 4.02. The number of aromatic nitrogens is 1. The molecule has 0 fully saturated rings. The summed E-state index contributed by atoms with van der Waals surface area (Å²) >= 11 is 0. The highest BCUT2D eigenvalue weighted by Gasteiger charge is 2.21. The van der Waals surface area contributed by atoms with Gasteiger partial charge in [0.15, 0.2) is 0 Å². The van der Waals surface area contributed by atoms with Crippen LogP contribution < -0.4 is 0 Å². The number of nitrogens with zero attached hydrogens (tertiary/aromatic N) is 2. The molecule has 0 bridgehead atoms. The molecule has 1 amide bonds. The van der Waals surface area contributed by atoms with Crippen molar-refractivity contribution in [2.45, 2.75) is 26.3 Å². The predicted molar refractivity (Wildman–Crippen MR) is 95.6 cm³/mol. The summed E-state index contributed by atoms with van der Waals surface area (Å²) in [5.41, 5.74) is 2.06. The second-order valence-corrected chi connectivity index (χ2v) is 6.05. The van der Waals surface area contributed by atoms with Gasteiger partial charge < -0.3 is 9.64 Å². The van der Waals surface area contributed by atoms with Crippen LogP contribution in [0.1, 0.15) is 24.5 Å². The zero-order valence-corrected chi connectivity index (χ0v) is 14.7. The lowest BCUT2D eigenvalue weighted by molar-refractivity contribution is -0.146. The van der Waals surface area contributed by atoms with E-state index < -0.39 is 0 Å². The lowest BCUT2D eigenvalue weighted by atomic mass is 10.1. The Morgan fingerprint density at radius 1 is 1.12 bits per heavy atom. The van der Waals surface area contributed by atoms with E-state index in [4.69, 9.17) is 4.74 Å². The van der Waals surface area contributed by atoms with Gasteiger partial charge in [-0.3, -0.25) is 14.6 Å². The smallest absolute Gasteiger partial charge is 0.310 e. The number of aryl methyl sites for hydroxylation is 1. The Hall–Kier alpha value is -2.69. The molecule has 1 unspecified atom stereocenters. The van der Waals surface area contributed by atoms with Crippen LogP contribution >= 0.6 is 0 Å². The Bertz CT molecular complexity index is 674. The topological polar surface area (TPSA) is 59.5 Å². The van der Waals surface area contributed by atoms with Crippen LogP contribution in [0.2, 0.25) is 0 Å². The molecular formula is C20H24N2O3. The van der Waals surface area contributed by atoms with Gasteiger partial charge in [-0.2, -0.15) is 0 Å². The molecule has 0 aliphatic carbocycles. The molecule has 0 saturated heterocycles. The van der Waals surface area contributed by atoms with Gasteiger partial charge >= 0.3 is 5.97 Å². The zero-order chi connectivity index (χ0) is 18.1. The van der Waals surface area contributed by atoms with Crippen LogP contribution in [0, 0.1) is 5.92 Å². The standard InChI is InChI=1S/C20H24N2O3/c1-16(20(24)25-2)14-22(15-18-7-4-3-5-8-18)19(23)11-10-17-9-6-12-21-13-17/h3-9,12-13,16H,10-11,14-15H2,1-2H3. The molecule has 1 aromatic carbocycles. The number of carbonyl (C=O) groups is 2. The molecule has 2 aromatic rings. The highest BCUT2D eigenvalue weighted by atomic mass is 16.5. The molecule has 5 heteroatoms. The lowest BCUT2D eigenvalue weighted by Gasteiger charge is -2.25. The average Bonchev–Trinajstić information content (AvgIpc) is 2.66. The first kappa shape index (κ1) is 18.6. The Kier molecular flexibility index (Phi) is 7.14. The number of hydrogen-bond acceptors (Lipinski definition) is 4. The van der Waals surface area contributed by atoms with Crippen LogP contribution in [-0.2, 0) is 27.3 Å². The molecular weight excluding hydrogens is 316 g/mol. The number of carbonyl (C=O) groups excluding carboxylic acids is 2. The third-order valence-corrected chi connectivity index (χ3v) is 4.02. The SMILES string of the molecule is COC(=O)C(C)CN(Cc1ccccc1)C(=O)CCc1cccnc1. The van der Waals surface area contributed by atoms with Crippen LogP contribution in [0.15, 0.2) is 54.9 Å². The average molecular weight is 340 g/mol. The Morgan fingerprint density at radius 2 is 1.84 bits per heavy atom. The van der Waals surface area contributed by atoms with Gasteiger partial charge in [-0.05, 0) is 23.6 Å². The number of rotatable bonds is 8. The summed E-state index contributed by atoms with van der Waals surface area (Å²) in [6, 6.07) is 13.6. The minimum absolute atomic E-state index is 0.0171. The fraction of sp³-hybridized carbons (Fsp3) is 0.350. The van der Waals surface area contributed by atoms with E-state index in [9.17, 15) is 9.59 Å². The van der Waals surface area contributed by atoms with Crippen molar-refractivity contribution in [3.8, 4) is 0 Å². The van der Waals surface area contributed by atoms with Gasteiger partial charge in [0.1, 0.15) is 0 Å². The molecule has 0 aliphatic rings. The first-order valence-electron chi connectivity index (χ1n) is 8.38. The maximum atomic E-state index is 12.7. The fourth-order valence-corrected chi connectivity index (χ4v) is 2.62. The second-order valence-electron chi connectivity index (χ2n) is 6.05. The molecule has 0 aliphatic heterocycles. The van der Waals surface area contributed by atoms with E-state index in [1.54, 1.807) is 24.2 Å². The minimum atomic E-state index is -0.365. The number of methoxy groups -OCH3 is 1. The normalized spacial score (nSPS) is 11.6. The number of benzene rings is 1. The van der Waals surface area contributed by atoms with Crippen LogP contribution in [0.3, 0.4) is 0 Å². The summed E-state index contributed by atoms with van der Waals surface area (Å²) in [6.45, 7) is 2.60. The van der Waals surface area contributed by atoms with Crippen molar-refractivity contribution in [1.29, 1.82) is 0 Å². The monoisotopic (exact) mass is 340 g/mol. The maximum Gasteiger partial charge on any atom is 0.310 e. The molecule has 1 heterocycles. The quantitative estimate of drug-likeness (QED) is 0.693. The van der Waals surface area contributed by atoms with Crippen molar-refractivity contribution in [3.05, 3.63) is 66.0 Å². The zero-order valence-electron chi connectivity index (χ0n) is 14.7. The summed E-state index contributed by atoms with van der Waals surface area (Å²) in [5.74, 6) is -0.655. The minimum Gasteiger partial charge on any atom is -0.469 e. The summed E-state index contributed by atoms with van der Waals surface area (Å²) in [4.78, 5) is 30.3. The molecule has 1 atom stereocenters. The fourth-order valence-electron chi connectivity index (χ4n) is 2.62. The molecule has 25 heavy (non-hydrogen) atoms. The van der Waals surface area contributed by atoms with Crippen molar-refractivity contribution in [1.82, 2.24) is 9.88 Å². The highest BCUT2D eigenvalue weighted by molar-refractivity contribution is 5.78. The number of pyridine rings is 1. The van der Waals surface area contributed by atoms with Crippen LogP contribution in [0.25, 0.3) is 0 Å². The van der Waals surface area contributed by atoms with Crippen molar-refractivity contribution in [2.75, 3.05) is 13.7 Å². The number of hydrogen-bond donors (Lipinski definition) is 0. The van der Waals surface area contributed by atoms with Gasteiger partial charge in [-0.1, -0.05) is 43.3 Å². The molecule has 0 saturated carbocycles. The Morgan fingerprint density at radius 3 is 2.48 bits per heavy atom. The summed E-state index contributed by atoms with van der Waals surface area (Å²) < 4.78 is 4.79. The largest absolute Gasteiger partial charge is 0.469 e. The maximum absolute atomic E-state index is 12.7. The van der Waals surface area contributed by atoms with Crippen LogP contribution in [-0.4, -0.2) is 35.4 Å². The van der Waals surface area contributed by atoms with E-state index in [0.29, 0.717) is 25.9 Å². The first-order chi connectivity index (χ1) is 12.1. The summed E-state index contributed by atoms with van der Waals surface area (Å²) in [7, 11) is 1.37. The molecule has 2 rings (SSSR count). The first-order valence-corrected chi connectivity index (χ1v) is 8.38. The number of esters is 1. The molecule has 132 valence electrons. The van der Waals surface area contributed by atoms with E-state index in [-0.39, 0.29) is 17.8 Å². The van der Waals surface area contributed by atoms with Crippen molar-refractivity contribution in [3.63, 3.8) is 0 Å². The van der Waals surface area contributed by atoms with E-state index in [2.05, 4.69) is 4.98 Å². The number of ether oxygens (including phenoxy) is 1. The Balaban J connectivity index is 2.03. The van der Waals surface area contributed by atoms with Crippen LogP contribution in [0.4, 0.5) is 0 Å². The van der Waals surface area contributed by atoms with E-state index in [1.165, 1.54) is 7.11 Å². The predicted octanol–water partition coefficient (Wildman–Crippen LogP) is 2.85. The molecule has 1 aromatic heterocycles. The van der Waals surface area contributed by atoms with Gasteiger partial charge in [0.2, 0.25) is 5.91 Å². The van der Waals surface area contributed by atoms with Gasteiger partial charge in [0, 0.05) is 31.9 Å². The summed E-state index contributed by atoms with van der Waals surface area (Å²) in [6.07, 6.45) is 4.49.